The van der Waals surface area contributed by atoms with E-state index in [2.05, 4.69) is 10.6 Å². The summed E-state index contributed by atoms with van der Waals surface area (Å²) < 4.78 is 13.1. The predicted molar refractivity (Wildman–Crippen MR) is 68.6 cm³/mol. The summed E-state index contributed by atoms with van der Waals surface area (Å²) >= 11 is 0. The van der Waals surface area contributed by atoms with E-state index in [4.69, 9.17) is 0 Å². The lowest BCUT2D eigenvalue weighted by Gasteiger charge is -2.24. The minimum Gasteiger partial charge on any atom is -0.348 e. The molecule has 0 unspecified atom stereocenters. The fourth-order valence-corrected chi connectivity index (χ4v) is 2.25. The molecule has 0 aliphatic carbocycles. The summed E-state index contributed by atoms with van der Waals surface area (Å²) in [6.45, 7) is 2.77. The molecule has 1 heterocycles. The third-order valence-electron chi connectivity index (χ3n) is 3.33. The molecule has 0 saturated carbocycles. The van der Waals surface area contributed by atoms with Gasteiger partial charge in [-0.15, -0.1) is 0 Å². The molecule has 1 fully saturated rings. The summed E-state index contributed by atoms with van der Waals surface area (Å²) in [6, 6.07) is 6.07. The van der Waals surface area contributed by atoms with Gasteiger partial charge in [0.2, 0.25) is 5.91 Å². The van der Waals surface area contributed by atoms with E-state index in [0.29, 0.717) is 0 Å². The molecule has 0 aromatic heterocycles. The van der Waals surface area contributed by atoms with Crippen LogP contribution < -0.4 is 10.6 Å². The molecule has 3 nitrogen and oxygen atoms in total. The Hall–Kier alpha value is -1.42. The van der Waals surface area contributed by atoms with Crippen molar-refractivity contribution >= 4 is 5.91 Å². The maximum atomic E-state index is 13.1. The van der Waals surface area contributed by atoms with Gasteiger partial charge in [-0.05, 0) is 44.0 Å². The molecule has 18 heavy (non-hydrogen) atoms. The number of benzene rings is 1. The molecule has 0 bridgehead atoms. The average molecular weight is 250 g/mol. The maximum Gasteiger partial charge on any atom is 0.237 e. The van der Waals surface area contributed by atoms with E-state index < -0.39 is 0 Å². The number of carbonyl (C=O) groups excluding carboxylic acids is 1. The summed E-state index contributed by atoms with van der Waals surface area (Å²) in [6.07, 6.45) is 3.09. The molecule has 98 valence electrons. The van der Waals surface area contributed by atoms with Crippen molar-refractivity contribution in [3.63, 3.8) is 0 Å². The fourth-order valence-electron chi connectivity index (χ4n) is 2.25. The number of hydrogen-bond acceptors (Lipinski definition) is 2. The van der Waals surface area contributed by atoms with Crippen molar-refractivity contribution in [2.75, 3.05) is 6.54 Å². The highest BCUT2D eigenvalue weighted by atomic mass is 19.1. The average Bonchev–Trinajstić information content (AvgIpc) is 2.39. The SMILES string of the molecule is C[C@H](NC(=O)[C@H]1CCCCN1)c1cccc(F)c1. The van der Waals surface area contributed by atoms with Crippen molar-refractivity contribution in [3.8, 4) is 0 Å². The zero-order chi connectivity index (χ0) is 13.0. The van der Waals surface area contributed by atoms with Crippen LogP contribution in [0.3, 0.4) is 0 Å². The van der Waals surface area contributed by atoms with E-state index in [1.165, 1.54) is 12.1 Å². The smallest absolute Gasteiger partial charge is 0.237 e. The van der Waals surface area contributed by atoms with Crippen molar-refractivity contribution in [1.29, 1.82) is 0 Å². The van der Waals surface area contributed by atoms with Gasteiger partial charge in [0.15, 0.2) is 0 Å². The van der Waals surface area contributed by atoms with Crippen LogP contribution in [0, 0.1) is 5.82 Å². The van der Waals surface area contributed by atoms with Crippen LogP contribution in [-0.2, 0) is 4.79 Å². The second kappa shape index (κ2) is 5.96. The minimum absolute atomic E-state index is 0.00598. The van der Waals surface area contributed by atoms with Gasteiger partial charge in [0.1, 0.15) is 5.82 Å². The summed E-state index contributed by atoms with van der Waals surface area (Å²) in [4.78, 5) is 12.0. The summed E-state index contributed by atoms with van der Waals surface area (Å²) in [5, 5.41) is 6.13. The molecule has 4 heteroatoms. The Bertz CT molecular complexity index is 416. The first-order chi connectivity index (χ1) is 8.66. The van der Waals surface area contributed by atoms with Crippen LogP contribution in [0.15, 0.2) is 24.3 Å². The molecule has 1 aliphatic rings. The zero-order valence-electron chi connectivity index (χ0n) is 10.6. The van der Waals surface area contributed by atoms with Crippen LogP contribution in [0.1, 0.15) is 37.8 Å². The summed E-state index contributed by atoms with van der Waals surface area (Å²) in [5.74, 6) is -0.268. The zero-order valence-corrected chi connectivity index (χ0v) is 10.6. The van der Waals surface area contributed by atoms with E-state index >= 15 is 0 Å². The minimum atomic E-state index is -0.274. The van der Waals surface area contributed by atoms with Gasteiger partial charge in [0, 0.05) is 0 Å². The molecule has 0 radical (unpaired) electrons. The molecule has 2 N–H and O–H groups in total. The second-order valence-electron chi connectivity index (χ2n) is 4.79. The monoisotopic (exact) mass is 250 g/mol. The highest BCUT2D eigenvalue weighted by Gasteiger charge is 2.21. The topological polar surface area (TPSA) is 41.1 Å². The van der Waals surface area contributed by atoms with E-state index in [9.17, 15) is 9.18 Å². The second-order valence-corrected chi connectivity index (χ2v) is 4.79. The Kier molecular flexibility index (Phi) is 4.31. The largest absolute Gasteiger partial charge is 0.348 e. The van der Waals surface area contributed by atoms with E-state index in [-0.39, 0.29) is 23.8 Å². The molecule has 1 aromatic carbocycles. The lowest BCUT2D eigenvalue weighted by molar-refractivity contribution is -0.124. The van der Waals surface area contributed by atoms with Gasteiger partial charge in [-0.1, -0.05) is 18.6 Å². The molecule has 2 rings (SSSR count). The van der Waals surface area contributed by atoms with Crippen LogP contribution in [0.2, 0.25) is 0 Å². The van der Waals surface area contributed by atoms with Crippen LogP contribution in [-0.4, -0.2) is 18.5 Å². The molecule has 0 spiro atoms. The van der Waals surface area contributed by atoms with Crippen LogP contribution in [0.25, 0.3) is 0 Å². The van der Waals surface area contributed by atoms with Gasteiger partial charge in [-0.2, -0.15) is 0 Å². The first-order valence-electron chi connectivity index (χ1n) is 6.46. The van der Waals surface area contributed by atoms with Crippen LogP contribution >= 0.6 is 0 Å². The molecule has 1 aliphatic heterocycles. The Morgan fingerprint density at radius 1 is 1.50 bits per heavy atom. The van der Waals surface area contributed by atoms with E-state index in [1.54, 1.807) is 6.07 Å². The van der Waals surface area contributed by atoms with Crippen molar-refractivity contribution in [1.82, 2.24) is 10.6 Å². The number of piperidine rings is 1. The Morgan fingerprint density at radius 3 is 3.00 bits per heavy atom. The highest BCUT2D eigenvalue weighted by molar-refractivity contribution is 5.82. The Morgan fingerprint density at radius 2 is 2.33 bits per heavy atom. The maximum absolute atomic E-state index is 13.1. The number of rotatable bonds is 3. The molecule has 2 atom stereocenters. The lowest BCUT2D eigenvalue weighted by Crippen LogP contribution is -2.47. The predicted octanol–water partition coefficient (Wildman–Crippen LogP) is 2.14. The Labute approximate surface area is 107 Å². The molecule has 1 aromatic rings. The number of amides is 1. The van der Waals surface area contributed by atoms with Gasteiger partial charge in [0.05, 0.1) is 12.1 Å². The number of carbonyl (C=O) groups is 1. The van der Waals surface area contributed by atoms with Crippen molar-refractivity contribution in [2.45, 2.75) is 38.3 Å². The van der Waals surface area contributed by atoms with Crippen molar-refractivity contribution < 1.29 is 9.18 Å². The summed E-state index contributed by atoms with van der Waals surface area (Å²) in [7, 11) is 0. The van der Waals surface area contributed by atoms with Gasteiger partial charge >= 0.3 is 0 Å². The van der Waals surface area contributed by atoms with Gasteiger partial charge < -0.3 is 10.6 Å². The highest BCUT2D eigenvalue weighted by Crippen LogP contribution is 2.14. The normalized spacial score (nSPS) is 21.3. The molecule has 1 saturated heterocycles. The van der Waals surface area contributed by atoms with Crippen molar-refractivity contribution in [3.05, 3.63) is 35.6 Å². The summed E-state index contributed by atoms with van der Waals surface area (Å²) in [5.41, 5.74) is 0.791. The lowest BCUT2D eigenvalue weighted by atomic mass is 10.0. The van der Waals surface area contributed by atoms with Crippen LogP contribution in [0.5, 0.6) is 0 Å². The van der Waals surface area contributed by atoms with E-state index in [1.807, 2.05) is 13.0 Å². The number of nitrogens with one attached hydrogen (secondary N) is 2. The molecule has 1 amide bonds. The number of hydrogen-bond donors (Lipinski definition) is 2. The Balaban J connectivity index is 1.94. The van der Waals surface area contributed by atoms with Gasteiger partial charge in [-0.25, -0.2) is 4.39 Å². The fraction of sp³-hybridized carbons (Fsp3) is 0.500. The third-order valence-corrected chi connectivity index (χ3v) is 3.33. The van der Waals surface area contributed by atoms with Crippen LogP contribution in [0.4, 0.5) is 4.39 Å². The third kappa shape index (κ3) is 3.29. The standard InChI is InChI=1S/C14H19FN2O/c1-10(11-5-4-6-12(15)9-11)17-14(18)13-7-2-3-8-16-13/h4-6,9-10,13,16H,2-3,7-8H2,1H3,(H,17,18)/t10-,13+/m0/s1. The quantitative estimate of drug-likeness (QED) is 0.863. The molecular weight excluding hydrogens is 231 g/mol. The van der Waals surface area contributed by atoms with E-state index in [0.717, 1.165) is 31.4 Å². The number of halogens is 1. The van der Waals surface area contributed by atoms with Crippen molar-refractivity contribution in [2.24, 2.45) is 0 Å². The first-order valence-corrected chi connectivity index (χ1v) is 6.46. The molecular formula is C14H19FN2O. The van der Waals surface area contributed by atoms with Gasteiger partial charge in [0.25, 0.3) is 0 Å². The van der Waals surface area contributed by atoms with Gasteiger partial charge in [-0.3, -0.25) is 4.79 Å². The first kappa shape index (κ1) is 13.0.